The van der Waals surface area contributed by atoms with E-state index < -0.39 is 0 Å². The number of urea groups is 1. The van der Waals surface area contributed by atoms with Gasteiger partial charge in [-0.25, -0.2) is 9.78 Å². The van der Waals surface area contributed by atoms with Gasteiger partial charge in [-0.15, -0.1) is 0 Å². The zero-order valence-corrected chi connectivity index (χ0v) is 16.3. The Hall–Kier alpha value is -3.62. The molecule has 0 atom stereocenters. The van der Waals surface area contributed by atoms with Gasteiger partial charge in [-0.1, -0.05) is 5.16 Å². The second kappa shape index (κ2) is 8.17. The molecule has 1 fully saturated rings. The van der Waals surface area contributed by atoms with Gasteiger partial charge in [0.1, 0.15) is 11.6 Å². The summed E-state index contributed by atoms with van der Waals surface area (Å²) in [7, 11) is 1.61. The maximum absolute atomic E-state index is 12.5. The molecule has 1 aliphatic rings. The van der Waals surface area contributed by atoms with Crippen LogP contribution in [0.4, 0.5) is 16.3 Å². The molecule has 1 saturated heterocycles. The summed E-state index contributed by atoms with van der Waals surface area (Å²) in [5.74, 6) is 2.67. The lowest BCUT2D eigenvalue weighted by molar-refractivity contribution is 0.208. The molecule has 2 amide bonds. The van der Waals surface area contributed by atoms with E-state index in [0.717, 1.165) is 22.8 Å². The fourth-order valence-corrected chi connectivity index (χ4v) is 3.14. The van der Waals surface area contributed by atoms with Gasteiger partial charge in [0.15, 0.2) is 0 Å². The predicted molar refractivity (Wildman–Crippen MR) is 108 cm³/mol. The van der Waals surface area contributed by atoms with Crippen molar-refractivity contribution in [2.45, 2.75) is 6.92 Å². The summed E-state index contributed by atoms with van der Waals surface area (Å²) in [5.41, 5.74) is 1.55. The van der Waals surface area contributed by atoms with Crippen LogP contribution in [0.25, 0.3) is 11.4 Å². The van der Waals surface area contributed by atoms with Crippen LogP contribution in [0.1, 0.15) is 5.89 Å². The van der Waals surface area contributed by atoms with Gasteiger partial charge >= 0.3 is 6.03 Å². The first-order chi connectivity index (χ1) is 14.1. The van der Waals surface area contributed by atoms with Crippen LogP contribution in [-0.4, -0.2) is 59.3 Å². The topological polar surface area (TPSA) is 96.6 Å². The first-order valence-electron chi connectivity index (χ1n) is 9.34. The molecule has 29 heavy (non-hydrogen) atoms. The third-order valence-electron chi connectivity index (χ3n) is 4.77. The van der Waals surface area contributed by atoms with Gasteiger partial charge in [0, 0.05) is 50.6 Å². The highest BCUT2D eigenvalue weighted by atomic mass is 16.5. The van der Waals surface area contributed by atoms with E-state index in [1.807, 2.05) is 36.4 Å². The summed E-state index contributed by atoms with van der Waals surface area (Å²) in [6, 6.07) is 11.0. The molecular weight excluding hydrogens is 372 g/mol. The number of hydrogen-bond donors (Lipinski definition) is 1. The van der Waals surface area contributed by atoms with E-state index in [-0.39, 0.29) is 6.03 Å². The van der Waals surface area contributed by atoms with Crippen molar-refractivity contribution in [2.75, 3.05) is 43.5 Å². The average molecular weight is 394 g/mol. The van der Waals surface area contributed by atoms with Crippen LogP contribution in [-0.2, 0) is 0 Å². The minimum absolute atomic E-state index is 0.106. The van der Waals surface area contributed by atoms with Crippen molar-refractivity contribution in [2.24, 2.45) is 0 Å². The number of carbonyl (C=O) groups is 1. The lowest BCUT2D eigenvalue weighted by Crippen LogP contribution is -2.50. The Morgan fingerprint density at radius 2 is 1.86 bits per heavy atom. The molecule has 4 rings (SSSR count). The SMILES string of the molecule is COc1ccc(NC(=O)N2CCN(c3ccc(-c4noc(C)n4)cn3)CC2)cc1. The first kappa shape index (κ1) is 18.7. The molecule has 0 radical (unpaired) electrons. The van der Waals surface area contributed by atoms with Crippen LogP contribution in [0.3, 0.4) is 0 Å². The Bertz CT molecular complexity index is 963. The summed E-state index contributed by atoms with van der Waals surface area (Å²) < 4.78 is 10.1. The second-order valence-electron chi connectivity index (χ2n) is 6.67. The minimum Gasteiger partial charge on any atom is -0.497 e. The number of methoxy groups -OCH3 is 1. The molecule has 0 aliphatic carbocycles. The normalized spacial score (nSPS) is 14.0. The van der Waals surface area contributed by atoms with Crippen LogP contribution in [0, 0.1) is 6.92 Å². The number of anilines is 2. The van der Waals surface area contributed by atoms with Gasteiger partial charge in [-0.2, -0.15) is 4.98 Å². The standard InChI is InChI=1S/C20H22N6O3/c1-14-22-19(24-29-14)15-3-8-18(21-13-15)25-9-11-26(12-10-25)20(27)23-16-4-6-17(28-2)7-5-16/h3-8,13H,9-12H2,1-2H3,(H,23,27). The zero-order valence-electron chi connectivity index (χ0n) is 16.3. The van der Waals surface area contributed by atoms with E-state index in [9.17, 15) is 4.79 Å². The van der Waals surface area contributed by atoms with Crippen molar-refractivity contribution in [3.8, 4) is 17.1 Å². The molecule has 150 valence electrons. The van der Waals surface area contributed by atoms with Crippen LogP contribution < -0.4 is 15.0 Å². The van der Waals surface area contributed by atoms with Crippen LogP contribution in [0.2, 0.25) is 0 Å². The molecule has 1 N–H and O–H groups in total. The molecule has 0 spiro atoms. The fourth-order valence-electron chi connectivity index (χ4n) is 3.14. The Morgan fingerprint density at radius 3 is 2.45 bits per heavy atom. The first-order valence-corrected chi connectivity index (χ1v) is 9.34. The molecule has 0 saturated carbocycles. The molecule has 0 unspecified atom stereocenters. The number of aromatic nitrogens is 3. The van der Waals surface area contributed by atoms with Crippen molar-refractivity contribution < 1.29 is 14.1 Å². The smallest absolute Gasteiger partial charge is 0.321 e. The van der Waals surface area contributed by atoms with E-state index >= 15 is 0 Å². The highest BCUT2D eigenvalue weighted by Gasteiger charge is 2.22. The molecular formula is C20H22N6O3. The summed E-state index contributed by atoms with van der Waals surface area (Å²) in [5, 5.41) is 6.82. The lowest BCUT2D eigenvalue weighted by atomic mass is 10.2. The Kier molecular flexibility index (Phi) is 5.28. The fraction of sp³-hybridized carbons (Fsp3) is 0.300. The average Bonchev–Trinajstić information content (AvgIpc) is 3.21. The number of carbonyl (C=O) groups excluding carboxylic acids is 1. The van der Waals surface area contributed by atoms with Crippen LogP contribution in [0.15, 0.2) is 47.1 Å². The molecule has 9 heteroatoms. The zero-order chi connectivity index (χ0) is 20.2. The largest absolute Gasteiger partial charge is 0.497 e. The maximum Gasteiger partial charge on any atom is 0.321 e. The van der Waals surface area contributed by atoms with E-state index in [1.54, 1.807) is 25.1 Å². The number of hydrogen-bond acceptors (Lipinski definition) is 7. The van der Waals surface area contributed by atoms with E-state index in [4.69, 9.17) is 9.26 Å². The van der Waals surface area contributed by atoms with E-state index in [1.165, 1.54) is 0 Å². The molecule has 3 heterocycles. The summed E-state index contributed by atoms with van der Waals surface area (Å²) in [6.45, 7) is 4.42. The Labute approximate surface area is 168 Å². The van der Waals surface area contributed by atoms with E-state index in [2.05, 4.69) is 25.3 Å². The number of nitrogens with one attached hydrogen (secondary N) is 1. The molecule has 3 aromatic rings. The van der Waals surface area contributed by atoms with Crippen molar-refractivity contribution in [1.82, 2.24) is 20.0 Å². The number of ether oxygens (including phenoxy) is 1. The quantitative estimate of drug-likeness (QED) is 0.727. The highest BCUT2D eigenvalue weighted by Crippen LogP contribution is 2.20. The van der Waals surface area contributed by atoms with Crippen molar-refractivity contribution in [3.63, 3.8) is 0 Å². The minimum atomic E-state index is -0.106. The molecule has 0 bridgehead atoms. The summed E-state index contributed by atoms with van der Waals surface area (Å²) >= 11 is 0. The number of nitrogens with zero attached hydrogens (tertiary/aromatic N) is 5. The van der Waals surface area contributed by atoms with Crippen molar-refractivity contribution in [3.05, 3.63) is 48.5 Å². The van der Waals surface area contributed by atoms with Crippen LogP contribution >= 0.6 is 0 Å². The number of piperazine rings is 1. The third kappa shape index (κ3) is 4.29. The third-order valence-corrected chi connectivity index (χ3v) is 4.77. The number of benzene rings is 1. The van der Waals surface area contributed by atoms with Gasteiger partial charge in [0.2, 0.25) is 11.7 Å². The summed E-state index contributed by atoms with van der Waals surface area (Å²) in [4.78, 5) is 25.2. The Morgan fingerprint density at radius 1 is 1.10 bits per heavy atom. The number of aryl methyl sites for hydroxylation is 1. The van der Waals surface area contributed by atoms with Gasteiger partial charge < -0.3 is 24.4 Å². The van der Waals surface area contributed by atoms with Crippen molar-refractivity contribution in [1.29, 1.82) is 0 Å². The van der Waals surface area contributed by atoms with Crippen LogP contribution in [0.5, 0.6) is 5.75 Å². The molecule has 2 aromatic heterocycles. The van der Waals surface area contributed by atoms with Gasteiger partial charge in [0.25, 0.3) is 0 Å². The second-order valence-corrected chi connectivity index (χ2v) is 6.67. The number of rotatable bonds is 4. The molecule has 1 aliphatic heterocycles. The van der Waals surface area contributed by atoms with Gasteiger partial charge in [0.05, 0.1) is 7.11 Å². The molecule has 1 aromatic carbocycles. The van der Waals surface area contributed by atoms with E-state index in [0.29, 0.717) is 37.9 Å². The molecule has 9 nitrogen and oxygen atoms in total. The number of pyridine rings is 1. The predicted octanol–water partition coefficient (Wildman–Crippen LogP) is 2.80. The highest BCUT2D eigenvalue weighted by molar-refractivity contribution is 5.89. The maximum atomic E-state index is 12.5. The monoisotopic (exact) mass is 394 g/mol. The van der Waals surface area contributed by atoms with Gasteiger partial charge in [-0.05, 0) is 36.4 Å². The van der Waals surface area contributed by atoms with Gasteiger partial charge in [-0.3, -0.25) is 0 Å². The summed E-state index contributed by atoms with van der Waals surface area (Å²) in [6.07, 6.45) is 1.74. The Balaban J connectivity index is 1.32. The lowest BCUT2D eigenvalue weighted by Gasteiger charge is -2.35. The number of amides is 2. The van der Waals surface area contributed by atoms with Crippen molar-refractivity contribution >= 4 is 17.5 Å².